The van der Waals surface area contributed by atoms with E-state index in [9.17, 15) is 4.79 Å². The summed E-state index contributed by atoms with van der Waals surface area (Å²) in [5.74, 6) is 0.632. The second-order valence-electron chi connectivity index (χ2n) is 6.92. The summed E-state index contributed by atoms with van der Waals surface area (Å²) in [6.45, 7) is 2.06. The fraction of sp³-hybridized carbons (Fsp3) is 0.0833. The molecule has 0 aliphatic carbocycles. The molecule has 3 aromatic carbocycles. The summed E-state index contributed by atoms with van der Waals surface area (Å²) in [6, 6.07) is 27.9. The monoisotopic (exact) mass is 365 g/mol. The van der Waals surface area contributed by atoms with Crippen molar-refractivity contribution in [3.05, 3.63) is 107 Å². The third kappa shape index (κ3) is 2.46. The molecule has 0 bridgehead atoms. The van der Waals surface area contributed by atoms with Gasteiger partial charge in [0.05, 0.1) is 17.1 Å². The SMILES string of the molecule is CC(c1ccccc1)n1c(=O)n(-c2ccccn2)c2c3ccccc3ccc21. The van der Waals surface area contributed by atoms with Gasteiger partial charge in [0.2, 0.25) is 0 Å². The van der Waals surface area contributed by atoms with Crippen LogP contribution in [0, 0.1) is 0 Å². The Morgan fingerprint density at radius 1 is 0.821 bits per heavy atom. The molecule has 1 unspecified atom stereocenters. The van der Waals surface area contributed by atoms with Gasteiger partial charge in [0.25, 0.3) is 0 Å². The molecule has 0 fully saturated rings. The number of aromatic nitrogens is 3. The van der Waals surface area contributed by atoms with Gasteiger partial charge in [-0.3, -0.25) is 4.57 Å². The van der Waals surface area contributed by atoms with Crippen LogP contribution in [0.3, 0.4) is 0 Å². The number of hydrogen-bond donors (Lipinski definition) is 0. The van der Waals surface area contributed by atoms with Crippen LogP contribution in [0.25, 0.3) is 27.6 Å². The highest BCUT2D eigenvalue weighted by atomic mass is 16.1. The van der Waals surface area contributed by atoms with Gasteiger partial charge >= 0.3 is 5.69 Å². The molecule has 136 valence electrons. The van der Waals surface area contributed by atoms with Gasteiger partial charge in [-0.25, -0.2) is 14.3 Å². The molecular formula is C24H19N3O. The Morgan fingerprint density at radius 2 is 1.57 bits per heavy atom. The van der Waals surface area contributed by atoms with Gasteiger partial charge in [0.1, 0.15) is 5.82 Å². The molecule has 5 rings (SSSR count). The van der Waals surface area contributed by atoms with Crippen molar-refractivity contribution < 1.29 is 0 Å². The van der Waals surface area contributed by atoms with Crippen molar-refractivity contribution in [2.75, 3.05) is 0 Å². The van der Waals surface area contributed by atoms with Crippen LogP contribution in [0.4, 0.5) is 0 Å². The fourth-order valence-corrected chi connectivity index (χ4v) is 3.93. The van der Waals surface area contributed by atoms with Crippen molar-refractivity contribution in [3.8, 4) is 5.82 Å². The minimum Gasteiger partial charge on any atom is -0.284 e. The number of benzene rings is 3. The molecule has 2 heterocycles. The standard InChI is InChI=1S/C24H19N3O/c1-17(18-9-3-2-4-10-18)26-21-15-14-19-11-5-6-12-20(19)23(21)27(24(26)28)22-13-7-8-16-25-22/h2-17H,1H3. The summed E-state index contributed by atoms with van der Waals surface area (Å²) in [7, 11) is 0. The number of fused-ring (bicyclic) bond motifs is 3. The Hall–Kier alpha value is -3.66. The van der Waals surface area contributed by atoms with E-state index in [-0.39, 0.29) is 11.7 Å². The second kappa shape index (κ2) is 6.50. The lowest BCUT2D eigenvalue weighted by Crippen LogP contribution is -2.26. The number of hydrogen-bond acceptors (Lipinski definition) is 2. The number of imidazole rings is 1. The van der Waals surface area contributed by atoms with E-state index in [1.54, 1.807) is 10.8 Å². The highest BCUT2D eigenvalue weighted by Gasteiger charge is 2.21. The van der Waals surface area contributed by atoms with Crippen LogP contribution in [-0.4, -0.2) is 14.1 Å². The van der Waals surface area contributed by atoms with Crippen LogP contribution >= 0.6 is 0 Å². The van der Waals surface area contributed by atoms with Gasteiger partial charge in [0, 0.05) is 11.6 Å². The summed E-state index contributed by atoms with van der Waals surface area (Å²) >= 11 is 0. The van der Waals surface area contributed by atoms with Gasteiger partial charge in [-0.1, -0.05) is 66.7 Å². The Kier molecular flexibility index (Phi) is 3.83. The Labute approximate surface area is 162 Å². The molecule has 0 saturated carbocycles. The Bertz CT molecular complexity index is 1330. The number of pyridine rings is 1. The first-order valence-electron chi connectivity index (χ1n) is 9.37. The van der Waals surface area contributed by atoms with Gasteiger partial charge in [0.15, 0.2) is 0 Å². The molecule has 0 spiro atoms. The number of rotatable bonds is 3. The lowest BCUT2D eigenvalue weighted by atomic mass is 10.1. The lowest BCUT2D eigenvalue weighted by molar-refractivity contribution is 0.625. The van der Waals surface area contributed by atoms with Crippen LogP contribution in [-0.2, 0) is 0 Å². The van der Waals surface area contributed by atoms with Crippen molar-refractivity contribution in [3.63, 3.8) is 0 Å². The predicted octanol–water partition coefficient (Wildman–Crippen LogP) is 4.95. The molecular weight excluding hydrogens is 346 g/mol. The lowest BCUT2D eigenvalue weighted by Gasteiger charge is -2.14. The third-order valence-corrected chi connectivity index (χ3v) is 5.31. The molecule has 0 amide bonds. The zero-order valence-electron chi connectivity index (χ0n) is 15.5. The van der Waals surface area contributed by atoms with E-state index < -0.39 is 0 Å². The van der Waals surface area contributed by atoms with E-state index in [1.807, 2.05) is 59.2 Å². The van der Waals surface area contributed by atoms with Crippen LogP contribution in [0.5, 0.6) is 0 Å². The molecule has 0 aliphatic heterocycles. The summed E-state index contributed by atoms with van der Waals surface area (Å²) in [5.41, 5.74) is 2.81. The van der Waals surface area contributed by atoms with Crippen molar-refractivity contribution in [1.82, 2.24) is 14.1 Å². The Morgan fingerprint density at radius 3 is 2.36 bits per heavy atom. The van der Waals surface area contributed by atoms with Crippen LogP contribution in [0.15, 0.2) is 95.9 Å². The molecule has 4 heteroatoms. The molecule has 0 N–H and O–H groups in total. The Balaban J connectivity index is 1.92. The first-order chi connectivity index (χ1) is 13.8. The number of nitrogens with zero attached hydrogens (tertiary/aromatic N) is 3. The molecule has 5 aromatic rings. The maximum absolute atomic E-state index is 13.6. The van der Waals surface area contributed by atoms with Crippen LogP contribution < -0.4 is 5.69 Å². The van der Waals surface area contributed by atoms with E-state index in [2.05, 4.69) is 42.2 Å². The second-order valence-corrected chi connectivity index (χ2v) is 6.92. The maximum atomic E-state index is 13.6. The molecule has 28 heavy (non-hydrogen) atoms. The topological polar surface area (TPSA) is 39.8 Å². The summed E-state index contributed by atoms with van der Waals surface area (Å²) in [5, 5.41) is 2.14. The molecule has 2 aromatic heterocycles. The van der Waals surface area contributed by atoms with Crippen molar-refractivity contribution in [2.45, 2.75) is 13.0 Å². The van der Waals surface area contributed by atoms with E-state index in [0.717, 1.165) is 27.4 Å². The fourth-order valence-electron chi connectivity index (χ4n) is 3.93. The van der Waals surface area contributed by atoms with Gasteiger partial charge in [-0.15, -0.1) is 0 Å². The van der Waals surface area contributed by atoms with Crippen LogP contribution in [0.2, 0.25) is 0 Å². The minimum atomic E-state index is -0.0951. The quantitative estimate of drug-likeness (QED) is 0.454. The minimum absolute atomic E-state index is 0.0820. The van der Waals surface area contributed by atoms with E-state index >= 15 is 0 Å². The summed E-state index contributed by atoms with van der Waals surface area (Å²) < 4.78 is 3.60. The molecule has 0 radical (unpaired) electrons. The average molecular weight is 365 g/mol. The summed E-state index contributed by atoms with van der Waals surface area (Å²) in [6.07, 6.45) is 1.72. The van der Waals surface area contributed by atoms with Crippen molar-refractivity contribution in [1.29, 1.82) is 0 Å². The van der Waals surface area contributed by atoms with Gasteiger partial charge in [-0.05, 0) is 36.1 Å². The smallest absolute Gasteiger partial charge is 0.284 e. The molecule has 0 aliphatic rings. The normalized spacial score (nSPS) is 12.5. The first kappa shape index (κ1) is 16.5. The first-order valence-corrected chi connectivity index (χ1v) is 9.37. The van der Waals surface area contributed by atoms with E-state index in [1.165, 1.54) is 0 Å². The van der Waals surface area contributed by atoms with Gasteiger partial charge < -0.3 is 0 Å². The molecule has 4 nitrogen and oxygen atoms in total. The van der Waals surface area contributed by atoms with Crippen molar-refractivity contribution in [2.24, 2.45) is 0 Å². The van der Waals surface area contributed by atoms with Crippen molar-refractivity contribution >= 4 is 21.8 Å². The zero-order valence-corrected chi connectivity index (χ0v) is 15.5. The zero-order chi connectivity index (χ0) is 19.1. The molecule has 1 atom stereocenters. The predicted molar refractivity (Wildman–Crippen MR) is 113 cm³/mol. The molecule has 0 saturated heterocycles. The average Bonchev–Trinajstić information content (AvgIpc) is 3.06. The van der Waals surface area contributed by atoms with Crippen LogP contribution in [0.1, 0.15) is 18.5 Å². The maximum Gasteiger partial charge on any atom is 0.335 e. The highest BCUT2D eigenvalue weighted by Crippen LogP contribution is 2.29. The van der Waals surface area contributed by atoms with E-state index in [4.69, 9.17) is 0 Å². The van der Waals surface area contributed by atoms with E-state index in [0.29, 0.717) is 5.82 Å². The largest absolute Gasteiger partial charge is 0.335 e. The summed E-state index contributed by atoms with van der Waals surface area (Å²) in [4.78, 5) is 18.1. The third-order valence-electron chi connectivity index (χ3n) is 5.31. The highest BCUT2D eigenvalue weighted by molar-refractivity contribution is 6.05. The van der Waals surface area contributed by atoms with Gasteiger partial charge in [-0.2, -0.15) is 0 Å².